The van der Waals surface area contributed by atoms with Crippen LogP contribution in [-0.2, 0) is 32.2 Å². The monoisotopic (exact) mass is 424 g/mol. The van der Waals surface area contributed by atoms with Crippen molar-refractivity contribution in [3.05, 3.63) is 17.7 Å². The number of carbonyl (C=O) groups excluding carboxylic acids is 4. The van der Waals surface area contributed by atoms with Crippen LogP contribution in [0.4, 0.5) is 0 Å². The number of aromatic amines is 1. The third kappa shape index (κ3) is 8.19. The molecule has 0 aliphatic rings. The molecule has 7 N–H and O–H groups in total. The molecule has 1 heterocycles. The summed E-state index contributed by atoms with van der Waals surface area (Å²) in [6.07, 6.45) is 2.78. The third-order valence-corrected chi connectivity index (χ3v) is 4.47. The largest absolute Gasteiger partial charge is 0.390 e. The van der Waals surface area contributed by atoms with Crippen LogP contribution in [0.15, 0.2) is 6.20 Å². The van der Waals surface area contributed by atoms with Crippen molar-refractivity contribution in [1.29, 1.82) is 0 Å². The number of nitrogens with zero attached hydrogens (tertiary/aromatic N) is 1. The standard InChI is InChI=1S/C19H32N6O5/c1-10(2)16(17(20)28)25-19(30)14(24-18(29)11(3)22-12(4)27)6-5-7-15-21-8-13(9-26)23-15/h8,10-11,14,16,26H,5-7,9H2,1-4H3,(H2,20,28)(H,21,23)(H,22,27)(H,24,29)(H,25,30)/t11-,14-,16-/m0/s1. The number of imidazole rings is 1. The maximum atomic E-state index is 12.8. The van der Waals surface area contributed by atoms with E-state index in [0.29, 0.717) is 24.4 Å². The molecule has 0 saturated heterocycles. The normalized spacial score (nSPS) is 13.9. The number of nitrogens with two attached hydrogens (primary N) is 1. The van der Waals surface area contributed by atoms with Crippen molar-refractivity contribution in [2.24, 2.45) is 11.7 Å². The fourth-order valence-electron chi connectivity index (χ4n) is 2.84. The summed E-state index contributed by atoms with van der Waals surface area (Å²) in [6.45, 7) is 6.14. The second kappa shape index (κ2) is 11.9. The van der Waals surface area contributed by atoms with Crippen LogP contribution < -0.4 is 21.7 Å². The predicted molar refractivity (Wildman–Crippen MR) is 109 cm³/mol. The van der Waals surface area contributed by atoms with Crippen molar-refractivity contribution >= 4 is 23.6 Å². The van der Waals surface area contributed by atoms with E-state index in [1.807, 2.05) is 0 Å². The summed E-state index contributed by atoms with van der Waals surface area (Å²) in [7, 11) is 0. The van der Waals surface area contributed by atoms with E-state index >= 15 is 0 Å². The van der Waals surface area contributed by atoms with Gasteiger partial charge in [-0.1, -0.05) is 13.8 Å². The number of primary amides is 1. The van der Waals surface area contributed by atoms with Gasteiger partial charge in [0.15, 0.2) is 0 Å². The predicted octanol–water partition coefficient (Wildman–Crippen LogP) is -1.14. The van der Waals surface area contributed by atoms with Gasteiger partial charge < -0.3 is 31.8 Å². The quantitative estimate of drug-likeness (QED) is 0.247. The molecule has 1 aromatic rings. The van der Waals surface area contributed by atoms with Crippen molar-refractivity contribution in [1.82, 2.24) is 25.9 Å². The zero-order chi connectivity index (χ0) is 22.8. The second-order valence-electron chi connectivity index (χ2n) is 7.52. The van der Waals surface area contributed by atoms with Crippen molar-refractivity contribution in [3.8, 4) is 0 Å². The molecule has 0 radical (unpaired) electrons. The van der Waals surface area contributed by atoms with Crippen LogP contribution in [0, 0.1) is 5.92 Å². The first-order valence-corrected chi connectivity index (χ1v) is 9.85. The minimum atomic E-state index is -0.929. The highest BCUT2D eigenvalue weighted by Gasteiger charge is 2.28. The van der Waals surface area contributed by atoms with Crippen LogP contribution in [0.25, 0.3) is 0 Å². The van der Waals surface area contributed by atoms with E-state index in [2.05, 4.69) is 25.9 Å². The second-order valence-corrected chi connectivity index (χ2v) is 7.52. The topological polar surface area (TPSA) is 179 Å². The Labute approximate surface area is 175 Å². The molecule has 0 spiro atoms. The van der Waals surface area contributed by atoms with Gasteiger partial charge in [0.25, 0.3) is 0 Å². The molecular formula is C19H32N6O5. The Morgan fingerprint density at radius 3 is 2.30 bits per heavy atom. The molecule has 1 aromatic heterocycles. The first kappa shape index (κ1) is 25.1. The van der Waals surface area contributed by atoms with Gasteiger partial charge in [-0.05, 0) is 25.7 Å². The number of amides is 4. The van der Waals surface area contributed by atoms with Gasteiger partial charge in [-0.2, -0.15) is 0 Å². The van der Waals surface area contributed by atoms with Crippen LogP contribution >= 0.6 is 0 Å². The van der Waals surface area contributed by atoms with E-state index in [1.54, 1.807) is 13.8 Å². The molecule has 4 amide bonds. The van der Waals surface area contributed by atoms with Crippen molar-refractivity contribution in [2.75, 3.05) is 0 Å². The zero-order valence-electron chi connectivity index (χ0n) is 17.8. The first-order chi connectivity index (χ1) is 14.0. The Balaban J connectivity index is 2.82. The van der Waals surface area contributed by atoms with E-state index in [4.69, 9.17) is 10.8 Å². The molecule has 0 bridgehead atoms. The molecular weight excluding hydrogens is 392 g/mol. The SMILES string of the molecule is CC(=O)N[C@@H](C)C(=O)N[C@@H](CCCc1ncc(CO)[nH]1)C(=O)N[C@H](C(N)=O)C(C)C. The highest BCUT2D eigenvalue weighted by Crippen LogP contribution is 2.08. The molecule has 1 rings (SSSR count). The molecule has 3 atom stereocenters. The minimum absolute atomic E-state index is 0.154. The van der Waals surface area contributed by atoms with Gasteiger partial charge in [0.05, 0.1) is 18.5 Å². The number of hydrogen-bond acceptors (Lipinski definition) is 6. The average Bonchev–Trinajstić information content (AvgIpc) is 3.11. The number of hydrogen-bond donors (Lipinski definition) is 6. The number of H-pyrrole nitrogens is 1. The van der Waals surface area contributed by atoms with Gasteiger partial charge in [0.2, 0.25) is 23.6 Å². The molecule has 11 nitrogen and oxygen atoms in total. The first-order valence-electron chi connectivity index (χ1n) is 9.85. The molecule has 30 heavy (non-hydrogen) atoms. The number of aryl methyl sites for hydroxylation is 1. The van der Waals surface area contributed by atoms with Crippen LogP contribution in [0.1, 0.15) is 52.1 Å². The fourth-order valence-corrected chi connectivity index (χ4v) is 2.84. The van der Waals surface area contributed by atoms with Crippen molar-refractivity contribution in [3.63, 3.8) is 0 Å². The maximum absolute atomic E-state index is 12.8. The van der Waals surface area contributed by atoms with Gasteiger partial charge in [-0.3, -0.25) is 19.2 Å². The zero-order valence-corrected chi connectivity index (χ0v) is 17.8. The summed E-state index contributed by atoms with van der Waals surface area (Å²) < 4.78 is 0. The number of aliphatic hydroxyl groups excluding tert-OH is 1. The van der Waals surface area contributed by atoms with Gasteiger partial charge >= 0.3 is 0 Å². The lowest BCUT2D eigenvalue weighted by atomic mass is 10.0. The van der Waals surface area contributed by atoms with Crippen LogP contribution in [0.3, 0.4) is 0 Å². The van der Waals surface area contributed by atoms with Crippen molar-refractivity contribution in [2.45, 2.75) is 71.7 Å². The number of rotatable bonds is 12. The van der Waals surface area contributed by atoms with Gasteiger partial charge in [0, 0.05) is 13.3 Å². The summed E-state index contributed by atoms with van der Waals surface area (Å²) in [4.78, 5) is 55.0. The van der Waals surface area contributed by atoms with Crippen LogP contribution in [0.5, 0.6) is 0 Å². The van der Waals surface area contributed by atoms with Gasteiger partial charge in [-0.15, -0.1) is 0 Å². The Kier molecular flexibility index (Phi) is 9.96. The molecule has 0 aliphatic carbocycles. The highest BCUT2D eigenvalue weighted by molar-refractivity contribution is 5.93. The lowest BCUT2D eigenvalue weighted by molar-refractivity contribution is -0.133. The van der Waals surface area contributed by atoms with Gasteiger partial charge in [0.1, 0.15) is 23.9 Å². The third-order valence-electron chi connectivity index (χ3n) is 4.47. The van der Waals surface area contributed by atoms with E-state index in [9.17, 15) is 19.2 Å². The van der Waals surface area contributed by atoms with E-state index in [-0.39, 0.29) is 24.9 Å². The molecule has 0 fully saturated rings. The smallest absolute Gasteiger partial charge is 0.243 e. The Morgan fingerprint density at radius 2 is 1.80 bits per heavy atom. The molecule has 0 aliphatic heterocycles. The lowest BCUT2D eigenvalue weighted by Crippen LogP contribution is -2.56. The number of nitrogens with one attached hydrogen (secondary N) is 4. The van der Waals surface area contributed by atoms with E-state index < -0.39 is 35.8 Å². The summed E-state index contributed by atoms with van der Waals surface area (Å²) in [5, 5.41) is 16.8. The minimum Gasteiger partial charge on any atom is -0.390 e. The summed E-state index contributed by atoms with van der Waals surface area (Å²) in [6, 6.07) is -2.63. The van der Waals surface area contributed by atoms with Gasteiger partial charge in [-0.25, -0.2) is 4.98 Å². The Hall–Kier alpha value is -2.95. The molecule has 168 valence electrons. The number of aromatic nitrogens is 2. The Morgan fingerprint density at radius 1 is 1.13 bits per heavy atom. The van der Waals surface area contributed by atoms with Crippen molar-refractivity contribution < 1.29 is 24.3 Å². The highest BCUT2D eigenvalue weighted by atomic mass is 16.3. The summed E-state index contributed by atoms with van der Waals surface area (Å²) >= 11 is 0. The lowest BCUT2D eigenvalue weighted by Gasteiger charge is -2.25. The molecule has 0 saturated carbocycles. The number of aliphatic hydroxyl groups is 1. The molecule has 0 aromatic carbocycles. The van der Waals surface area contributed by atoms with E-state index in [1.165, 1.54) is 20.0 Å². The average molecular weight is 425 g/mol. The molecule has 11 heteroatoms. The summed E-state index contributed by atoms with van der Waals surface area (Å²) in [5.41, 5.74) is 5.94. The van der Waals surface area contributed by atoms with Crippen LogP contribution in [0.2, 0.25) is 0 Å². The van der Waals surface area contributed by atoms with E-state index in [0.717, 1.165) is 0 Å². The maximum Gasteiger partial charge on any atom is 0.243 e. The summed E-state index contributed by atoms with van der Waals surface area (Å²) in [5.74, 6) is -1.67. The molecule has 0 unspecified atom stereocenters. The number of carbonyl (C=O) groups is 4. The van der Waals surface area contributed by atoms with Crippen LogP contribution in [-0.4, -0.2) is 56.8 Å². The fraction of sp³-hybridized carbons (Fsp3) is 0.632. The Bertz CT molecular complexity index is 748.